The normalized spacial score (nSPS) is 20.6. The maximum atomic E-state index is 13.5. The number of hydrogen-bond donors (Lipinski definition) is 0. The standard InChI is InChI=1S/C13H17ClFNS/c1-2-13-9-16(3-4-17-13)12-6-10(8-14)5-11(15)7-12/h5-7,13H,2-4,8-9H2,1H3. The van der Waals surface area contributed by atoms with E-state index in [0.29, 0.717) is 11.1 Å². The van der Waals surface area contributed by atoms with Crippen LogP contribution < -0.4 is 4.90 Å². The molecule has 17 heavy (non-hydrogen) atoms. The van der Waals surface area contributed by atoms with E-state index < -0.39 is 0 Å². The molecular weight excluding hydrogens is 257 g/mol. The summed E-state index contributed by atoms with van der Waals surface area (Å²) in [7, 11) is 0. The average molecular weight is 274 g/mol. The highest BCUT2D eigenvalue weighted by atomic mass is 35.5. The Morgan fingerprint density at radius 1 is 1.47 bits per heavy atom. The highest BCUT2D eigenvalue weighted by Crippen LogP contribution is 2.27. The van der Waals surface area contributed by atoms with Crippen LogP contribution in [0.25, 0.3) is 0 Å². The second kappa shape index (κ2) is 5.96. The van der Waals surface area contributed by atoms with E-state index in [1.165, 1.54) is 12.5 Å². The first-order chi connectivity index (χ1) is 8.22. The Bertz CT molecular complexity index is 386. The molecule has 94 valence electrons. The maximum absolute atomic E-state index is 13.5. The van der Waals surface area contributed by atoms with E-state index in [4.69, 9.17) is 11.6 Å². The van der Waals surface area contributed by atoms with Gasteiger partial charge in [0.1, 0.15) is 5.82 Å². The molecule has 0 radical (unpaired) electrons. The van der Waals surface area contributed by atoms with Crippen LogP contribution in [0.5, 0.6) is 0 Å². The number of halogens is 2. The molecule has 1 aliphatic heterocycles. The Morgan fingerprint density at radius 2 is 2.29 bits per heavy atom. The van der Waals surface area contributed by atoms with Crippen LogP contribution in [0.15, 0.2) is 18.2 Å². The summed E-state index contributed by atoms with van der Waals surface area (Å²) in [4.78, 5) is 2.27. The van der Waals surface area contributed by atoms with Crippen molar-refractivity contribution in [2.24, 2.45) is 0 Å². The van der Waals surface area contributed by atoms with Crippen molar-refractivity contribution in [1.82, 2.24) is 0 Å². The van der Waals surface area contributed by atoms with Crippen LogP contribution in [0.1, 0.15) is 18.9 Å². The third kappa shape index (κ3) is 3.29. The molecule has 1 unspecified atom stereocenters. The van der Waals surface area contributed by atoms with Crippen LogP contribution in [0.4, 0.5) is 10.1 Å². The lowest BCUT2D eigenvalue weighted by Gasteiger charge is -2.33. The van der Waals surface area contributed by atoms with Gasteiger partial charge in [0, 0.05) is 35.7 Å². The molecule has 1 aliphatic rings. The fraction of sp³-hybridized carbons (Fsp3) is 0.538. The molecular formula is C13H17ClFNS. The number of rotatable bonds is 3. The van der Waals surface area contributed by atoms with Gasteiger partial charge in [-0.15, -0.1) is 11.6 Å². The molecule has 1 aromatic carbocycles. The Hall–Kier alpha value is -0.410. The summed E-state index contributed by atoms with van der Waals surface area (Å²) in [6.07, 6.45) is 1.17. The van der Waals surface area contributed by atoms with Gasteiger partial charge >= 0.3 is 0 Å². The number of nitrogens with zero attached hydrogens (tertiary/aromatic N) is 1. The van der Waals surface area contributed by atoms with E-state index in [1.807, 2.05) is 17.8 Å². The van der Waals surface area contributed by atoms with Gasteiger partial charge in [-0.25, -0.2) is 4.39 Å². The zero-order chi connectivity index (χ0) is 12.3. The maximum Gasteiger partial charge on any atom is 0.125 e. The molecule has 1 fully saturated rings. The van der Waals surface area contributed by atoms with Gasteiger partial charge in [0.15, 0.2) is 0 Å². The molecule has 4 heteroatoms. The number of alkyl halides is 1. The largest absolute Gasteiger partial charge is 0.370 e. The topological polar surface area (TPSA) is 3.24 Å². The van der Waals surface area contributed by atoms with E-state index >= 15 is 0 Å². The predicted octanol–water partition coefficient (Wildman–Crippen LogP) is 3.90. The van der Waals surface area contributed by atoms with Gasteiger partial charge < -0.3 is 4.90 Å². The van der Waals surface area contributed by atoms with E-state index in [1.54, 1.807) is 6.07 Å². The van der Waals surface area contributed by atoms with Crippen molar-refractivity contribution in [3.8, 4) is 0 Å². The van der Waals surface area contributed by atoms with Gasteiger partial charge in [-0.1, -0.05) is 6.92 Å². The van der Waals surface area contributed by atoms with Gasteiger partial charge in [0.05, 0.1) is 0 Å². The Morgan fingerprint density at radius 3 is 3.00 bits per heavy atom. The molecule has 1 nitrogen and oxygen atoms in total. The quantitative estimate of drug-likeness (QED) is 0.769. The highest BCUT2D eigenvalue weighted by Gasteiger charge is 2.19. The molecule has 0 aliphatic carbocycles. The molecule has 0 aromatic heterocycles. The summed E-state index contributed by atoms with van der Waals surface area (Å²) in [6, 6.07) is 5.12. The number of thioether (sulfide) groups is 1. The van der Waals surface area contributed by atoms with Crippen molar-refractivity contribution < 1.29 is 4.39 Å². The molecule has 0 amide bonds. The molecule has 0 N–H and O–H groups in total. The Labute approximate surface area is 111 Å². The van der Waals surface area contributed by atoms with Crippen molar-refractivity contribution in [3.05, 3.63) is 29.6 Å². The monoisotopic (exact) mass is 273 g/mol. The fourth-order valence-corrected chi connectivity index (χ4v) is 3.43. The predicted molar refractivity (Wildman–Crippen MR) is 74.7 cm³/mol. The molecule has 0 spiro atoms. The summed E-state index contributed by atoms with van der Waals surface area (Å²) in [6.45, 7) is 4.20. The summed E-state index contributed by atoms with van der Waals surface area (Å²) < 4.78 is 13.5. The summed E-state index contributed by atoms with van der Waals surface area (Å²) in [5.74, 6) is 1.29. The summed E-state index contributed by atoms with van der Waals surface area (Å²) >= 11 is 7.79. The van der Waals surface area contributed by atoms with Gasteiger partial charge in [-0.3, -0.25) is 0 Å². The van der Waals surface area contributed by atoms with E-state index in [2.05, 4.69) is 11.8 Å². The number of benzene rings is 1. The molecule has 0 saturated carbocycles. The number of hydrogen-bond acceptors (Lipinski definition) is 2. The third-order valence-corrected chi connectivity index (χ3v) is 4.74. The van der Waals surface area contributed by atoms with Gasteiger partial charge in [-0.05, 0) is 30.2 Å². The van der Waals surface area contributed by atoms with Crippen molar-refractivity contribution in [3.63, 3.8) is 0 Å². The van der Waals surface area contributed by atoms with Gasteiger partial charge in [-0.2, -0.15) is 11.8 Å². The van der Waals surface area contributed by atoms with Crippen LogP contribution in [-0.4, -0.2) is 24.1 Å². The second-order valence-corrected chi connectivity index (χ2v) is 5.97. The van der Waals surface area contributed by atoms with E-state index in [-0.39, 0.29) is 5.82 Å². The zero-order valence-electron chi connectivity index (χ0n) is 9.96. The van der Waals surface area contributed by atoms with Crippen molar-refractivity contribution in [2.45, 2.75) is 24.5 Å². The zero-order valence-corrected chi connectivity index (χ0v) is 11.5. The Kier molecular flexibility index (Phi) is 4.57. The summed E-state index contributed by atoms with van der Waals surface area (Å²) in [5, 5.41) is 0.659. The van der Waals surface area contributed by atoms with Crippen LogP contribution in [-0.2, 0) is 5.88 Å². The van der Waals surface area contributed by atoms with Crippen molar-refractivity contribution in [2.75, 3.05) is 23.7 Å². The lowest BCUT2D eigenvalue weighted by Crippen LogP contribution is -2.37. The smallest absolute Gasteiger partial charge is 0.125 e. The fourth-order valence-electron chi connectivity index (χ4n) is 2.09. The summed E-state index contributed by atoms with van der Waals surface area (Å²) in [5.41, 5.74) is 1.83. The van der Waals surface area contributed by atoms with Gasteiger partial charge in [0.25, 0.3) is 0 Å². The first-order valence-corrected chi connectivity index (χ1v) is 7.53. The van der Waals surface area contributed by atoms with Crippen LogP contribution in [0.3, 0.4) is 0 Å². The lowest BCUT2D eigenvalue weighted by molar-refractivity contribution is 0.624. The van der Waals surface area contributed by atoms with E-state index in [0.717, 1.165) is 30.1 Å². The van der Waals surface area contributed by atoms with Crippen molar-refractivity contribution in [1.29, 1.82) is 0 Å². The minimum atomic E-state index is -0.190. The second-order valence-electron chi connectivity index (χ2n) is 4.30. The molecule has 1 saturated heterocycles. The first-order valence-electron chi connectivity index (χ1n) is 5.95. The molecule has 1 atom stereocenters. The first kappa shape index (κ1) is 13.0. The van der Waals surface area contributed by atoms with Gasteiger partial charge in [0.2, 0.25) is 0 Å². The molecule has 0 bridgehead atoms. The molecule has 2 rings (SSSR count). The molecule has 1 aromatic rings. The van der Waals surface area contributed by atoms with Crippen LogP contribution >= 0.6 is 23.4 Å². The molecule has 1 heterocycles. The number of anilines is 1. The third-order valence-electron chi connectivity index (χ3n) is 3.06. The average Bonchev–Trinajstić information content (AvgIpc) is 2.38. The Balaban J connectivity index is 2.18. The highest BCUT2D eigenvalue weighted by molar-refractivity contribution is 8.00. The lowest BCUT2D eigenvalue weighted by atomic mass is 10.2. The SMILES string of the molecule is CCC1CN(c2cc(F)cc(CCl)c2)CCS1. The minimum Gasteiger partial charge on any atom is -0.370 e. The minimum absolute atomic E-state index is 0.190. The van der Waals surface area contributed by atoms with Crippen molar-refractivity contribution >= 4 is 29.1 Å². The van der Waals surface area contributed by atoms with Crippen LogP contribution in [0, 0.1) is 5.82 Å². The van der Waals surface area contributed by atoms with E-state index in [9.17, 15) is 4.39 Å². The van der Waals surface area contributed by atoms with Crippen LogP contribution in [0.2, 0.25) is 0 Å².